The predicted molar refractivity (Wildman–Crippen MR) is 65.8 cm³/mol. The lowest BCUT2D eigenvalue weighted by atomic mass is 9.83. The van der Waals surface area contributed by atoms with Gasteiger partial charge in [0.25, 0.3) is 0 Å². The summed E-state index contributed by atoms with van der Waals surface area (Å²) < 4.78 is 0. The molecule has 0 aromatic rings. The van der Waals surface area contributed by atoms with Crippen molar-refractivity contribution in [1.82, 2.24) is 10.2 Å². The molecule has 15 heavy (non-hydrogen) atoms. The molecule has 1 fully saturated rings. The van der Waals surface area contributed by atoms with Crippen molar-refractivity contribution >= 4 is 0 Å². The van der Waals surface area contributed by atoms with Crippen LogP contribution in [0.2, 0.25) is 0 Å². The van der Waals surface area contributed by atoms with Crippen molar-refractivity contribution in [3.05, 3.63) is 0 Å². The molecule has 86 valence electrons. The Hall–Kier alpha value is -0.520. The van der Waals surface area contributed by atoms with Gasteiger partial charge in [-0.15, -0.1) is 6.42 Å². The first-order valence-electron chi connectivity index (χ1n) is 5.93. The first-order valence-corrected chi connectivity index (χ1v) is 5.93. The van der Waals surface area contributed by atoms with E-state index in [1.54, 1.807) is 0 Å². The van der Waals surface area contributed by atoms with E-state index in [0.29, 0.717) is 18.0 Å². The maximum absolute atomic E-state index is 5.21. The minimum absolute atomic E-state index is 0.485. The fourth-order valence-corrected chi connectivity index (χ4v) is 2.33. The first kappa shape index (κ1) is 12.5. The molecule has 1 N–H and O–H groups in total. The smallest absolute Gasteiger partial charge is 0.0574 e. The minimum Gasteiger partial charge on any atom is -0.305 e. The molecule has 1 saturated heterocycles. The van der Waals surface area contributed by atoms with Gasteiger partial charge in [-0.2, -0.15) is 0 Å². The van der Waals surface area contributed by atoms with Crippen LogP contribution in [0.4, 0.5) is 0 Å². The summed E-state index contributed by atoms with van der Waals surface area (Å²) in [4.78, 5) is 2.58. The summed E-state index contributed by atoms with van der Waals surface area (Å²) in [5.74, 6) is 2.61. The Morgan fingerprint density at radius 2 is 2.27 bits per heavy atom. The normalized spacial score (nSPS) is 23.3. The Morgan fingerprint density at radius 1 is 1.53 bits per heavy atom. The van der Waals surface area contributed by atoms with Gasteiger partial charge in [0, 0.05) is 19.1 Å². The van der Waals surface area contributed by atoms with Gasteiger partial charge in [-0.05, 0) is 31.7 Å². The zero-order valence-corrected chi connectivity index (χ0v) is 10.3. The van der Waals surface area contributed by atoms with Crippen LogP contribution in [0.25, 0.3) is 0 Å². The number of hydrogen-bond acceptors (Lipinski definition) is 2. The van der Waals surface area contributed by atoms with Crippen LogP contribution < -0.4 is 5.32 Å². The van der Waals surface area contributed by atoms with E-state index in [-0.39, 0.29) is 0 Å². The zero-order chi connectivity index (χ0) is 11.3. The third-order valence-corrected chi connectivity index (χ3v) is 3.22. The van der Waals surface area contributed by atoms with E-state index in [0.717, 1.165) is 6.54 Å². The highest BCUT2D eigenvalue weighted by Gasteiger charge is 2.28. The highest BCUT2D eigenvalue weighted by atomic mass is 15.2. The summed E-state index contributed by atoms with van der Waals surface area (Å²) in [6.07, 6.45) is 7.89. The number of hydrogen-bond donors (Lipinski definition) is 1. The fourth-order valence-electron chi connectivity index (χ4n) is 2.33. The molecule has 2 nitrogen and oxygen atoms in total. The topological polar surface area (TPSA) is 15.3 Å². The molecule has 0 aliphatic carbocycles. The zero-order valence-electron chi connectivity index (χ0n) is 10.3. The molecule has 2 heteroatoms. The molecule has 0 amide bonds. The van der Waals surface area contributed by atoms with E-state index in [2.05, 4.69) is 36.9 Å². The third kappa shape index (κ3) is 4.24. The number of nitrogens with zero attached hydrogens (tertiary/aromatic N) is 1. The molecule has 1 atom stereocenters. The van der Waals surface area contributed by atoms with E-state index < -0.39 is 0 Å². The Kier molecular flexibility index (Phi) is 4.63. The first-order chi connectivity index (χ1) is 7.05. The van der Waals surface area contributed by atoms with Gasteiger partial charge in [-0.3, -0.25) is 4.90 Å². The van der Waals surface area contributed by atoms with Crippen LogP contribution in [0.3, 0.4) is 0 Å². The Balaban J connectivity index is 2.32. The van der Waals surface area contributed by atoms with Crippen molar-refractivity contribution < 1.29 is 0 Å². The monoisotopic (exact) mass is 208 g/mol. The largest absolute Gasteiger partial charge is 0.305 e. The average molecular weight is 208 g/mol. The summed E-state index contributed by atoms with van der Waals surface area (Å²) in [7, 11) is 0. The Bertz CT molecular complexity index is 227. The van der Waals surface area contributed by atoms with Crippen LogP contribution in [-0.4, -0.2) is 37.1 Å². The van der Waals surface area contributed by atoms with Gasteiger partial charge < -0.3 is 5.32 Å². The van der Waals surface area contributed by atoms with Crippen molar-refractivity contribution in [1.29, 1.82) is 0 Å². The molecule has 1 aliphatic rings. The second-order valence-corrected chi connectivity index (χ2v) is 5.42. The summed E-state index contributed by atoms with van der Waals surface area (Å²) in [6.45, 7) is 11.1. The Morgan fingerprint density at radius 3 is 2.87 bits per heavy atom. The van der Waals surface area contributed by atoms with Crippen LogP contribution in [0, 0.1) is 17.8 Å². The SMILES string of the molecule is C#CCNCC(C)N1CCCC(C)(C)C1. The number of likely N-dealkylation sites (tertiary alicyclic amines) is 1. The van der Waals surface area contributed by atoms with Crippen molar-refractivity contribution in [2.24, 2.45) is 5.41 Å². The van der Waals surface area contributed by atoms with Gasteiger partial charge in [0.05, 0.1) is 6.54 Å². The molecule has 0 aromatic carbocycles. The van der Waals surface area contributed by atoms with Crippen LogP contribution >= 0.6 is 0 Å². The maximum atomic E-state index is 5.21. The number of terminal acetylenes is 1. The molecular formula is C13H24N2. The summed E-state index contributed by atoms with van der Waals surface area (Å²) in [6, 6.07) is 0.595. The van der Waals surface area contributed by atoms with Crippen molar-refractivity contribution in [2.75, 3.05) is 26.2 Å². The lowest BCUT2D eigenvalue weighted by Crippen LogP contribution is -2.48. The molecule has 1 unspecified atom stereocenters. The molecule has 0 spiro atoms. The second-order valence-electron chi connectivity index (χ2n) is 5.42. The molecule has 0 saturated carbocycles. The van der Waals surface area contributed by atoms with Crippen molar-refractivity contribution in [3.63, 3.8) is 0 Å². The van der Waals surface area contributed by atoms with Crippen LogP contribution in [0.5, 0.6) is 0 Å². The minimum atomic E-state index is 0.485. The molecule has 0 radical (unpaired) electrons. The predicted octanol–water partition coefficient (Wildman–Crippen LogP) is 1.72. The van der Waals surface area contributed by atoms with E-state index >= 15 is 0 Å². The molecule has 1 heterocycles. The summed E-state index contributed by atoms with van der Waals surface area (Å²) >= 11 is 0. The van der Waals surface area contributed by atoms with E-state index in [9.17, 15) is 0 Å². The molecule has 1 rings (SSSR count). The summed E-state index contributed by atoms with van der Waals surface area (Å²) in [5.41, 5.74) is 0.485. The van der Waals surface area contributed by atoms with Gasteiger partial charge >= 0.3 is 0 Å². The van der Waals surface area contributed by atoms with Crippen LogP contribution in [0.15, 0.2) is 0 Å². The van der Waals surface area contributed by atoms with Crippen molar-refractivity contribution in [2.45, 2.75) is 39.7 Å². The maximum Gasteiger partial charge on any atom is 0.0574 e. The molecule has 0 aromatic heterocycles. The lowest BCUT2D eigenvalue weighted by Gasteiger charge is -2.41. The van der Waals surface area contributed by atoms with Gasteiger partial charge in [-0.25, -0.2) is 0 Å². The van der Waals surface area contributed by atoms with Crippen molar-refractivity contribution in [3.8, 4) is 12.3 Å². The highest BCUT2D eigenvalue weighted by Crippen LogP contribution is 2.29. The standard InChI is InChI=1S/C13H24N2/c1-5-8-14-10-12(2)15-9-6-7-13(3,4)11-15/h1,12,14H,6-11H2,2-4H3. The second kappa shape index (κ2) is 5.53. The van der Waals surface area contributed by atoms with E-state index in [1.165, 1.54) is 25.9 Å². The summed E-state index contributed by atoms with van der Waals surface area (Å²) in [5, 5.41) is 3.28. The van der Waals surface area contributed by atoms with Gasteiger partial charge in [0.15, 0.2) is 0 Å². The number of rotatable bonds is 4. The fraction of sp³-hybridized carbons (Fsp3) is 0.846. The molecular weight excluding hydrogens is 184 g/mol. The highest BCUT2D eigenvalue weighted by molar-refractivity contribution is 4.88. The number of piperidine rings is 1. The number of nitrogens with one attached hydrogen (secondary N) is 1. The van der Waals surface area contributed by atoms with E-state index in [1.807, 2.05) is 0 Å². The van der Waals surface area contributed by atoms with Gasteiger partial charge in [0.2, 0.25) is 0 Å². The Labute approximate surface area is 94.4 Å². The van der Waals surface area contributed by atoms with Gasteiger partial charge in [0.1, 0.15) is 0 Å². The average Bonchev–Trinajstić information content (AvgIpc) is 2.16. The quantitative estimate of drug-likeness (QED) is 0.559. The van der Waals surface area contributed by atoms with Crippen LogP contribution in [-0.2, 0) is 0 Å². The lowest BCUT2D eigenvalue weighted by molar-refractivity contribution is 0.0847. The van der Waals surface area contributed by atoms with Crippen LogP contribution in [0.1, 0.15) is 33.6 Å². The van der Waals surface area contributed by atoms with Gasteiger partial charge in [-0.1, -0.05) is 19.8 Å². The van der Waals surface area contributed by atoms with E-state index in [4.69, 9.17) is 6.42 Å². The molecule has 0 bridgehead atoms. The third-order valence-electron chi connectivity index (χ3n) is 3.22. The molecule has 1 aliphatic heterocycles.